The van der Waals surface area contributed by atoms with Crippen LogP contribution in [0.15, 0.2) is 0 Å². The maximum absolute atomic E-state index is 12.0. The van der Waals surface area contributed by atoms with Crippen LogP contribution < -0.4 is 5.32 Å². The van der Waals surface area contributed by atoms with Crippen LogP contribution in [0.3, 0.4) is 0 Å². The molecule has 3 fully saturated rings. The van der Waals surface area contributed by atoms with E-state index in [1.165, 1.54) is 6.92 Å². The van der Waals surface area contributed by atoms with Crippen LogP contribution in [-0.2, 0) is 9.53 Å². The third-order valence-corrected chi connectivity index (χ3v) is 2.92. The second-order valence-electron chi connectivity index (χ2n) is 4.80. The molecule has 2 aliphatic heterocycles. The van der Waals surface area contributed by atoms with Gasteiger partial charge in [-0.15, -0.1) is 0 Å². The Morgan fingerprint density at radius 1 is 1.50 bits per heavy atom. The van der Waals surface area contributed by atoms with Gasteiger partial charge in [-0.2, -0.15) is 13.2 Å². The molecule has 3 rings (SSSR count). The fraction of sp³-hybridized carbons (Fsp3) is 0.889. The van der Waals surface area contributed by atoms with Gasteiger partial charge < -0.3 is 9.84 Å². The van der Waals surface area contributed by atoms with Crippen molar-refractivity contribution in [1.29, 1.82) is 0 Å². The van der Waals surface area contributed by atoms with Crippen LogP contribution in [0.2, 0.25) is 0 Å². The van der Waals surface area contributed by atoms with E-state index in [1.54, 1.807) is 0 Å². The van der Waals surface area contributed by atoms with Gasteiger partial charge in [-0.25, -0.2) is 4.79 Å². The zero-order chi connectivity index (χ0) is 12.2. The Kier molecular flexibility index (Phi) is 2.26. The van der Waals surface area contributed by atoms with E-state index in [1.807, 2.05) is 0 Å². The molecular formula is C9H12F3NO3. The number of piperidine rings is 1. The van der Waals surface area contributed by atoms with Gasteiger partial charge in [0, 0.05) is 18.9 Å². The summed E-state index contributed by atoms with van der Waals surface area (Å²) in [6.45, 7) is 1.52. The summed E-state index contributed by atoms with van der Waals surface area (Å²) >= 11 is 0. The molecule has 1 aliphatic carbocycles. The lowest BCUT2D eigenvalue weighted by atomic mass is 9.71. The smallest absolute Gasteiger partial charge is 0.437 e. The summed E-state index contributed by atoms with van der Waals surface area (Å²) in [6, 6.07) is -0.0789. The highest BCUT2D eigenvalue weighted by atomic mass is 19.4. The van der Waals surface area contributed by atoms with Gasteiger partial charge in [0.25, 0.3) is 0 Å². The van der Waals surface area contributed by atoms with Crippen molar-refractivity contribution in [2.75, 3.05) is 0 Å². The monoisotopic (exact) mass is 239 g/mol. The molecule has 3 aliphatic rings. The van der Waals surface area contributed by atoms with E-state index in [4.69, 9.17) is 0 Å². The zero-order valence-corrected chi connectivity index (χ0v) is 8.60. The minimum atomic E-state index is -5.00. The summed E-state index contributed by atoms with van der Waals surface area (Å²) in [7, 11) is 0. The Hall–Kier alpha value is -0.820. The lowest BCUT2D eigenvalue weighted by Gasteiger charge is -2.56. The maximum atomic E-state index is 12.0. The summed E-state index contributed by atoms with van der Waals surface area (Å²) in [4.78, 5) is 10.7. The van der Waals surface area contributed by atoms with E-state index in [0.717, 1.165) is 0 Å². The molecule has 2 bridgehead atoms. The Labute approximate surface area is 89.8 Å². The summed E-state index contributed by atoms with van der Waals surface area (Å²) in [5.74, 6) is -2.21. The van der Waals surface area contributed by atoms with Crippen LogP contribution in [-0.4, -0.2) is 34.6 Å². The maximum Gasteiger partial charge on any atom is 0.490 e. The molecule has 0 radical (unpaired) electrons. The van der Waals surface area contributed by atoms with Crippen LogP contribution in [0.25, 0.3) is 0 Å². The molecule has 0 spiro atoms. The van der Waals surface area contributed by atoms with E-state index in [0.29, 0.717) is 12.8 Å². The normalized spacial score (nSPS) is 42.4. The average molecular weight is 239 g/mol. The first-order valence-corrected chi connectivity index (χ1v) is 4.92. The first-order valence-electron chi connectivity index (χ1n) is 4.92. The largest absolute Gasteiger partial charge is 0.490 e. The highest BCUT2D eigenvalue weighted by Crippen LogP contribution is 2.44. The lowest BCUT2D eigenvalue weighted by molar-refractivity contribution is -0.248. The number of aliphatic hydroxyl groups is 1. The van der Waals surface area contributed by atoms with E-state index in [2.05, 4.69) is 10.1 Å². The summed E-state index contributed by atoms with van der Waals surface area (Å²) in [5.41, 5.74) is -2.42. The van der Waals surface area contributed by atoms with Crippen molar-refractivity contribution in [2.45, 2.75) is 49.7 Å². The van der Waals surface area contributed by atoms with Gasteiger partial charge >= 0.3 is 12.1 Å². The molecule has 0 aromatic carbocycles. The first-order chi connectivity index (χ1) is 7.12. The van der Waals surface area contributed by atoms with Crippen LogP contribution in [0.5, 0.6) is 0 Å². The number of carbonyl (C=O) groups is 1. The molecule has 16 heavy (non-hydrogen) atoms. The minimum absolute atomic E-state index is 0.0156. The summed E-state index contributed by atoms with van der Waals surface area (Å²) in [6.07, 6.45) is -4.23. The molecule has 92 valence electrons. The van der Waals surface area contributed by atoms with Gasteiger partial charge in [0.05, 0.1) is 5.60 Å². The Balaban J connectivity index is 2.03. The third-order valence-electron chi connectivity index (χ3n) is 2.92. The summed E-state index contributed by atoms with van der Waals surface area (Å²) < 4.78 is 40.5. The Morgan fingerprint density at radius 3 is 2.50 bits per heavy atom. The fourth-order valence-electron chi connectivity index (χ4n) is 2.56. The number of hydrogen-bond donors (Lipinski definition) is 2. The third kappa shape index (κ3) is 2.01. The van der Waals surface area contributed by atoms with Crippen molar-refractivity contribution in [1.82, 2.24) is 5.32 Å². The highest BCUT2D eigenvalue weighted by molar-refractivity contribution is 5.76. The molecule has 2 N–H and O–H groups in total. The minimum Gasteiger partial charge on any atom is -0.437 e. The summed E-state index contributed by atoms with van der Waals surface area (Å²) in [5, 5.41) is 12.5. The lowest BCUT2D eigenvalue weighted by Crippen LogP contribution is -2.73. The number of halogens is 3. The van der Waals surface area contributed by atoms with Gasteiger partial charge in [0.15, 0.2) is 5.72 Å². The molecule has 1 saturated carbocycles. The van der Waals surface area contributed by atoms with E-state index in [9.17, 15) is 23.1 Å². The predicted molar refractivity (Wildman–Crippen MR) is 46.3 cm³/mol. The molecule has 0 aromatic heterocycles. The quantitative estimate of drug-likeness (QED) is 0.661. The van der Waals surface area contributed by atoms with Crippen molar-refractivity contribution in [3.05, 3.63) is 0 Å². The van der Waals surface area contributed by atoms with Crippen LogP contribution in [0.1, 0.15) is 26.2 Å². The van der Waals surface area contributed by atoms with Gasteiger partial charge in [-0.1, -0.05) is 0 Å². The van der Waals surface area contributed by atoms with Gasteiger partial charge in [0.1, 0.15) is 0 Å². The van der Waals surface area contributed by atoms with E-state index < -0.39 is 23.5 Å². The number of fused-ring (bicyclic) bond motifs is 2. The van der Waals surface area contributed by atoms with Crippen LogP contribution >= 0.6 is 0 Å². The molecule has 2 heterocycles. The van der Waals surface area contributed by atoms with Gasteiger partial charge in [-0.05, 0) is 13.3 Å². The fourth-order valence-corrected chi connectivity index (χ4v) is 2.56. The number of alkyl halides is 3. The molecule has 7 heteroatoms. The van der Waals surface area contributed by atoms with Crippen molar-refractivity contribution in [3.63, 3.8) is 0 Å². The average Bonchev–Trinajstić information content (AvgIpc) is 1.96. The SMILES string of the molecule is CC1(O)CC2CC(OC(=O)C(F)(F)F)(C1)N2. The Bertz CT molecular complexity index is 320. The number of ether oxygens (including phenoxy) is 1. The molecule has 0 aromatic rings. The number of hydrogen-bond acceptors (Lipinski definition) is 4. The number of nitrogens with one attached hydrogen (secondary N) is 1. The molecule has 3 unspecified atom stereocenters. The second kappa shape index (κ2) is 3.10. The second-order valence-corrected chi connectivity index (χ2v) is 4.80. The van der Waals surface area contributed by atoms with Gasteiger partial charge in [-0.3, -0.25) is 5.32 Å². The van der Waals surface area contributed by atoms with Crippen molar-refractivity contribution in [2.24, 2.45) is 0 Å². The van der Waals surface area contributed by atoms with Crippen molar-refractivity contribution < 1.29 is 27.8 Å². The number of rotatable bonds is 1. The topological polar surface area (TPSA) is 58.6 Å². The Morgan fingerprint density at radius 2 is 2.06 bits per heavy atom. The van der Waals surface area contributed by atoms with Crippen LogP contribution in [0.4, 0.5) is 13.2 Å². The van der Waals surface area contributed by atoms with Crippen molar-refractivity contribution >= 4 is 5.97 Å². The molecule has 0 amide bonds. The molecule has 4 nitrogen and oxygen atoms in total. The molecule has 2 saturated heterocycles. The zero-order valence-electron chi connectivity index (χ0n) is 8.60. The highest BCUT2D eigenvalue weighted by Gasteiger charge is 2.59. The van der Waals surface area contributed by atoms with Crippen molar-refractivity contribution in [3.8, 4) is 0 Å². The number of carbonyl (C=O) groups excluding carboxylic acids is 1. The first kappa shape index (κ1) is 11.7. The van der Waals surface area contributed by atoms with E-state index in [-0.39, 0.29) is 12.5 Å². The number of esters is 1. The van der Waals surface area contributed by atoms with E-state index >= 15 is 0 Å². The standard InChI is InChI=1S/C9H12F3NO3/c1-7(15)2-5-3-8(4-7,13-5)16-6(14)9(10,11)12/h5,13,15H,2-4H2,1H3. The molecule has 3 atom stereocenters. The predicted octanol–water partition coefficient (Wildman–Crippen LogP) is 0.695. The molecular weight excluding hydrogens is 227 g/mol. The van der Waals surface area contributed by atoms with Gasteiger partial charge in [0.2, 0.25) is 0 Å². The van der Waals surface area contributed by atoms with Crippen LogP contribution in [0, 0.1) is 0 Å².